The van der Waals surface area contributed by atoms with Gasteiger partial charge in [-0.15, -0.1) is 0 Å². The third-order valence-corrected chi connectivity index (χ3v) is 6.32. The smallest absolute Gasteiger partial charge is 0.435 e. The number of hydrogen-bond acceptors (Lipinski definition) is 7. The average molecular weight is 539 g/mol. The van der Waals surface area contributed by atoms with Crippen LogP contribution in [0.15, 0.2) is 52.8 Å². The molecule has 39 heavy (non-hydrogen) atoms. The van der Waals surface area contributed by atoms with E-state index in [4.69, 9.17) is 9.73 Å². The number of aliphatic hydroxyl groups excluding tert-OH is 1. The molecule has 10 nitrogen and oxygen atoms in total. The number of methoxy groups -OCH3 is 1. The lowest BCUT2D eigenvalue weighted by atomic mass is 10.1. The zero-order valence-electron chi connectivity index (χ0n) is 21.2. The van der Waals surface area contributed by atoms with Crippen molar-refractivity contribution in [1.82, 2.24) is 29.5 Å². The minimum absolute atomic E-state index is 0.0322. The minimum atomic E-state index is -4.61. The first kappa shape index (κ1) is 26.2. The molecule has 4 aromatic rings. The highest BCUT2D eigenvalue weighted by atomic mass is 19.4. The van der Waals surface area contributed by atoms with Crippen molar-refractivity contribution in [2.24, 2.45) is 9.98 Å². The van der Waals surface area contributed by atoms with Gasteiger partial charge in [0.15, 0.2) is 17.3 Å². The topological polar surface area (TPSA) is 116 Å². The van der Waals surface area contributed by atoms with Gasteiger partial charge in [-0.05, 0) is 50.2 Å². The Kier molecular flexibility index (Phi) is 7.00. The first-order valence-corrected chi connectivity index (χ1v) is 12.1. The molecule has 3 heterocycles. The molecule has 0 amide bonds. The first-order chi connectivity index (χ1) is 18.7. The number of nitrogens with zero attached hydrogens (tertiary/aromatic N) is 8. The van der Waals surface area contributed by atoms with Crippen LogP contribution in [-0.4, -0.2) is 54.3 Å². The zero-order chi connectivity index (χ0) is 27.7. The number of amidine groups is 1. The first-order valence-electron chi connectivity index (χ1n) is 12.1. The van der Waals surface area contributed by atoms with Crippen molar-refractivity contribution in [1.29, 1.82) is 0 Å². The molecule has 202 valence electrons. The molecule has 0 aliphatic heterocycles. The maximum Gasteiger partial charge on any atom is 0.435 e. The van der Waals surface area contributed by atoms with E-state index >= 15 is 0 Å². The molecule has 0 radical (unpaired) electrons. The van der Waals surface area contributed by atoms with Crippen LogP contribution in [0.1, 0.15) is 52.5 Å². The molecule has 3 aromatic heterocycles. The van der Waals surface area contributed by atoms with E-state index in [1.807, 2.05) is 6.92 Å². The lowest BCUT2D eigenvalue weighted by Gasteiger charge is -2.12. The average Bonchev–Trinajstić information content (AvgIpc) is 3.59. The number of aryl methyl sites for hydroxylation is 1. The Bertz CT molecular complexity index is 1540. The van der Waals surface area contributed by atoms with E-state index < -0.39 is 18.5 Å². The Hall–Kier alpha value is -4.39. The summed E-state index contributed by atoms with van der Waals surface area (Å²) in [4.78, 5) is 17.6. The summed E-state index contributed by atoms with van der Waals surface area (Å²) in [7, 11) is 1.53. The molecule has 0 unspecified atom stereocenters. The summed E-state index contributed by atoms with van der Waals surface area (Å²) >= 11 is 0. The van der Waals surface area contributed by atoms with Gasteiger partial charge in [-0.25, -0.2) is 29.3 Å². The molecular weight excluding hydrogens is 513 g/mol. The molecule has 0 spiro atoms. The summed E-state index contributed by atoms with van der Waals surface area (Å²) in [5, 5.41) is 17.6. The molecular formula is C26H25F3N8O2. The van der Waals surface area contributed by atoms with Crippen LogP contribution in [0.2, 0.25) is 0 Å². The van der Waals surface area contributed by atoms with Crippen molar-refractivity contribution in [2.75, 3.05) is 7.11 Å². The maximum atomic E-state index is 13.1. The van der Waals surface area contributed by atoms with E-state index in [1.54, 1.807) is 35.1 Å². The van der Waals surface area contributed by atoms with Crippen LogP contribution in [0.4, 0.5) is 19.0 Å². The van der Waals surface area contributed by atoms with Crippen LogP contribution in [0.25, 0.3) is 5.69 Å². The van der Waals surface area contributed by atoms with Gasteiger partial charge in [0.2, 0.25) is 5.88 Å². The van der Waals surface area contributed by atoms with E-state index in [0.29, 0.717) is 41.2 Å². The second kappa shape index (κ2) is 10.4. The van der Waals surface area contributed by atoms with Gasteiger partial charge in [-0.3, -0.25) is 0 Å². The van der Waals surface area contributed by atoms with Gasteiger partial charge in [0.25, 0.3) is 0 Å². The Labute approximate surface area is 221 Å². The van der Waals surface area contributed by atoms with Crippen LogP contribution < -0.4 is 4.74 Å². The quantitative estimate of drug-likeness (QED) is 0.263. The van der Waals surface area contributed by atoms with Gasteiger partial charge >= 0.3 is 6.18 Å². The summed E-state index contributed by atoms with van der Waals surface area (Å²) in [5.74, 6) is 1.54. The Morgan fingerprint density at radius 2 is 1.95 bits per heavy atom. The van der Waals surface area contributed by atoms with Crippen molar-refractivity contribution < 1.29 is 23.0 Å². The molecule has 13 heteroatoms. The number of aliphatic imine (C=N–C) groups is 2. The van der Waals surface area contributed by atoms with E-state index in [1.165, 1.54) is 13.4 Å². The second-order valence-electron chi connectivity index (χ2n) is 9.07. The largest absolute Gasteiger partial charge is 0.480 e. The number of rotatable bonds is 8. The number of hydrogen-bond donors (Lipinski definition) is 1. The molecule has 0 saturated heterocycles. The van der Waals surface area contributed by atoms with Gasteiger partial charge in [0.05, 0.1) is 43.5 Å². The van der Waals surface area contributed by atoms with Crippen LogP contribution >= 0.6 is 0 Å². The normalized spacial score (nSPS) is 14.1. The molecule has 1 N–H and O–H groups in total. The summed E-state index contributed by atoms with van der Waals surface area (Å²) in [6.07, 6.45) is 0.566. The van der Waals surface area contributed by atoms with Crippen molar-refractivity contribution in [3.05, 3.63) is 76.6 Å². The fourth-order valence-electron chi connectivity index (χ4n) is 4.23. The van der Waals surface area contributed by atoms with E-state index in [-0.39, 0.29) is 5.69 Å². The van der Waals surface area contributed by atoms with Gasteiger partial charge in [0, 0.05) is 11.5 Å². The lowest BCUT2D eigenvalue weighted by Crippen LogP contribution is -2.10. The monoisotopic (exact) mass is 538 g/mol. The number of ether oxygens (including phenoxy) is 1. The molecule has 1 aromatic carbocycles. The number of aromatic nitrogens is 6. The Morgan fingerprint density at radius 1 is 1.21 bits per heavy atom. The van der Waals surface area contributed by atoms with Crippen molar-refractivity contribution in [3.8, 4) is 11.6 Å². The highest BCUT2D eigenvalue weighted by molar-refractivity contribution is 6.05. The molecule has 1 saturated carbocycles. The number of benzene rings is 1. The summed E-state index contributed by atoms with van der Waals surface area (Å²) in [5.41, 5.74) is 2.40. The third-order valence-electron chi connectivity index (χ3n) is 6.32. The second-order valence-corrected chi connectivity index (χ2v) is 9.07. The van der Waals surface area contributed by atoms with Gasteiger partial charge in [-0.1, -0.05) is 12.1 Å². The van der Waals surface area contributed by atoms with E-state index in [2.05, 4.69) is 31.9 Å². The highest BCUT2D eigenvalue weighted by Crippen LogP contribution is 2.42. The van der Waals surface area contributed by atoms with Crippen LogP contribution in [0.3, 0.4) is 0 Å². The molecule has 0 atom stereocenters. The molecule has 1 aliphatic rings. The zero-order valence-corrected chi connectivity index (χ0v) is 21.2. The van der Waals surface area contributed by atoms with Crippen molar-refractivity contribution in [3.63, 3.8) is 0 Å². The van der Waals surface area contributed by atoms with Gasteiger partial charge < -0.3 is 9.84 Å². The maximum absolute atomic E-state index is 13.1. The lowest BCUT2D eigenvalue weighted by molar-refractivity contribution is -0.141. The minimum Gasteiger partial charge on any atom is -0.480 e. The van der Waals surface area contributed by atoms with E-state index in [9.17, 15) is 18.3 Å². The molecule has 0 bridgehead atoms. The van der Waals surface area contributed by atoms with Crippen molar-refractivity contribution in [2.45, 2.75) is 45.0 Å². The van der Waals surface area contributed by atoms with Crippen LogP contribution in [-0.2, 0) is 19.3 Å². The fraction of sp³-hybridized carbons (Fsp3) is 0.308. The van der Waals surface area contributed by atoms with Crippen LogP contribution in [0.5, 0.6) is 5.88 Å². The standard InChI is InChI=1S/C26H25F3N8O2/c1-15-11-33-36(24(15)34-23(30-2)21-22(17-6-7-17)31-14-32-25(21)39-3)12-16-4-8-18(9-5-16)37-19(13-38)10-20(35-37)26(27,28)29/h4-5,8-11,14,17,38H,2,6-7,12-13H2,1,3H3. The Morgan fingerprint density at radius 3 is 2.56 bits per heavy atom. The summed E-state index contributed by atoms with van der Waals surface area (Å²) < 4.78 is 47.6. The number of halogens is 3. The molecule has 5 rings (SSSR count). The number of alkyl halides is 3. The Balaban J connectivity index is 1.45. The third kappa shape index (κ3) is 5.30. The number of aliphatic hydroxyl groups is 1. The fourth-order valence-corrected chi connectivity index (χ4v) is 4.23. The van der Waals surface area contributed by atoms with E-state index in [0.717, 1.165) is 40.4 Å². The summed E-state index contributed by atoms with van der Waals surface area (Å²) in [6.45, 7) is 5.33. The van der Waals surface area contributed by atoms with Gasteiger partial charge in [0.1, 0.15) is 11.9 Å². The van der Waals surface area contributed by atoms with Crippen molar-refractivity contribution >= 4 is 18.4 Å². The predicted octanol–water partition coefficient (Wildman–Crippen LogP) is 4.39. The predicted molar refractivity (Wildman–Crippen MR) is 137 cm³/mol. The summed E-state index contributed by atoms with van der Waals surface area (Å²) in [6, 6.07) is 7.60. The highest BCUT2D eigenvalue weighted by Gasteiger charge is 2.35. The SMILES string of the molecule is C=NC(=Nc1c(C)cnn1Cc1ccc(-n2nc(C(F)(F)F)cc2CO)cc1)c1c(OC)ncnc1C1CC1. The van der Waals surface area contributed by atoms with Crippen LogP contribution in [0, 0.1) is 6.92 Å². The molecule has 1 aliphatic carbocycles. The van der Waals surface area contributed by atoms with Gasteiger partial charge in [-0.2, -0.15) is 23.4 Å². The molecule has 1 fully saturated rings.